The number of nitrogens with one attached hydrogen (secondary N) is 2. The summed E-state index contributed by atoms with van der Waals surface area (Å²) in [6.45, 7) is 2.66. The van der Waals surface area contributed by atoms with Crippen molar-refractivity contribution in [3.05, 3.63) is 63.9 Å². The van der Waals surface area contributed by atoms with Crippen molar-refractivity contribution < 1.29 is 4.79 Å². The predicted octanol–water partition coefficient (Wildman–Crippen LogP) is 6.47. The van der Waals surface area contributed by atoms with Gasteiger partial charge in [0.05, 0.1) is 27.1 Å². The zero-order valence-electron chi connectivity index (χ0n) is 17.7. The molecule has 1 unspecified atom stereocenters. The molecule has 2 amide bonds. The number of benzene rings is 2. The molecule has 1 fully saturated rings. The number of hydrogen-bond acceptors (Lipinski definition) is 2. The van der Waals surface area contributed by atoms with Crippen LogP contribution in [0.4, 0.5) is 4.79 Å². The van der Waals surface area contributed by atoms with Gasteiger partial charge < -0.3 is 15.2 Å². The number of nitrogens with zero attached hydrogens (tertiary/aromatic N) is 2. The maximum Gasteiger partial charge on any atom is 0.315 e. The number of carbonyl (C=O) groups is 1. The van der Waals surface area contributed by atoms with Crippen molar-refractivity contribution in [2.45, 2.75) is 64.1 Å². The third-order valence-corrected chi connectivity index (χ3v) is 6.71. The Morgan fingerprint density at radius 1 is 1.13 bits per heavy atom. The fraction of sp³-hybridized carbons (Fsp3) is 0.417. The standard InChI is InChI=1S/C24H28Cl2N4O/c1-2-20(29-24(31)27-17-8-4-3-5-9-17)23-28-21-10-6-7-11-22(21)30(23)15-16-12-13-18(25)19(26)14-16/h6-7,10-14,17,20H,2-5,8-9,15H2,1H3,(H2,27,29,31). The first-order valence-corrected chi connectivity index (χ1v) is 11.8. The maximum atomic E-state index is 12.7. The van der Waals surface area contributed by atoms with Crippen LogP contribution in [0, 0.1) is 0 Å². The molecule has 0 aliphatic heterocycles. The topological polar surface area (TPSA) is 59.0 Å². The Morgan fingerprint density at radius 2 is 1.90 bits per heavy atom. The number of aromatic nitrogens is 2. The van der Waals surface area contributed by atoms with Crippen molar-refractivity contribution >= 4 is 40.3 Å². The first kappa shape index (κ1) is 22.0. The smallest absolute Gasteiger partial charge is 0.315 e. The second-order valence-electron chi connectivity index (χ2n) is 8.21. The Labute approximate surface area is 193 Å². The summed E-state index contributed by atoms with van der Waals surface area (Å²) >= 11 is 12.3. The fourth-order valence-corrected chi connectivity index (χ4v) is 4.65. The third kappa shape index (κ3) is 5.16. The molecule has 1 saturated carbocycles. The quantitative estimate of drug-likeness (QED) is 0.444. The summed E-state index contributed by atoms with van der Waals surface area (Å²) in [5.41, 5.74) is 2.96. The van der Waals surface area contributed by atoms with Crippen molar-refractivity contribution in [3.63, 3.8) is 0 Å². The van der Waals surface area contributed by atoms with Gasteiger partial charge >= 0.3 is 6.03 Å². The van der Waals surface area contributed by atoms with Crippen LogP contribution in [-0.4, -0.2) is 21.6 Å². The summed E-state index contributed by atoms with van der Waals surface area (Å²) in [6.07, 6.45) is 6.47. The lowest BCUT2D eigenvalue weighted by molar-refractivity contribution is 0.227. The van der Waals surface area contributed by atoms with E-state index in [-0.39, 0.29) is 18.1 Å². The van der Waals surface area contributed by atoms with Crippen LogP contribution in [0.2, 0.25) is 10.0 Å². The molecule has 31 heavy (non-hydrogen) atoms. The molecule has 5 nitrogen and oxygen atoms in total. The van der Waals surface area contributed by atoms with Crippen molar-refractivity contribution in [3.8, 4) is 0 Å². The lowest BCUT2D eigenvalue weighted by atomic mass is 9.96. The highest BCUT2D eigenvalue weighted by molar-refractivity contribution is 6.42. The molecule has 1 aromatic heterocycles. The van der Waals surface area contributed by atoms with Crippen LogP contribution in [0.3, 0.4) is 0 Å². The summed E-state index contributed by atoms with van der Waals surface area (Å²) < 4.78 is 2.16. The van der Waals surface area contributed by atoms with E-state index in [2.05, 4.69) is 28.2 Å². The molecule has 3 aromatic rings. The average Bonchev–Trinajstić information content (AvgIpc) is 3.13. The summed E-state index contributed by atoms with van der Waals surface area (Å²) in [4.78, 5) is 17.6. The zero-order valence-corrected chi connectivity index (χ0v) is 19.2. The number of hydrogen-bond donors (Lipinski definition) is 2. The molecule has 1 aliphatic carbocycles. The van der Waals surface area contributed by atoms with Crippen LogP contribution < -0.4 is 10.6 Å². The summed E-state index contributed by atoms with van der Waals surface area (Å²) in [5.74, 6) is 0.841. The van der Waals surface area contributed by atoms with E-state index in [0.717, 1.165) is 41.7 Å². The van der Waals surface area contributed by atoms with Gasteiger partial charge in [0.1, 0.15) is 5.82 Å². The Balaban J connectivity index is 1.60. The number of urea groups is 1. The van der Waals surface area contributed by atoms with Crippen LogP contribution in [0.5, 0.6) is 0 Å². The van der Waals surface area contributed by atoms with E-state index in [9.17, 15) is 4.79 Å². The van der Waals surface area contributed by atoms with E-state index in [1.807, 2.05) is 36.4 Å². The second kappa shape index (κ2) is 9.92. The van der Waals surface area contributed by atoms with Crippen LogP contribution in [-0.2, 0) is 6.54 Å². The minimum atomic E-state index is -0.196. The Hall–Kier alpha value is -2.24. The molecule has 0 bridgehead atoms. The van der Waals surface area contributed by atoms with Crippen LogP contribution in [0.25, 0.3) is 11.0 Å². The van der Waals surface area contributed by atoms with E-state index in [1.165, 1.54) is 19.3 Å². The number of rotatable bonds is 6. The van der Waals surface area contributed by atoms with Gasteiger partial charge in [0.25, 0.3) is 0 Å². The van der Waals surface area contributed by atoms with Gasteiger partial charge in [-0.1, -0.05) is 67.6 Å². The van der Waals surface area contributed by atoms with Crippen molar-refractivity contribution in [1.29, 1.82) is 0 Å². The average molecular weight is 459 g/mol. The minimum absolute atomic E-state index is 0.119. The predicted molar refractivity (Wildman–Crippen MR) is 127 cm³/mol. The molecule has 4 rings (SSSR count). The molecule has 2 aromatic carbocycles. The highest BCUT2D eigenvalue weighted by Crippen LogP contribution is 2.27. The molecular weight excluding hydrogens is 431 g/mol. The first-order chi connectivity index (χ1) is 15.0. The molecule has 1 aliphatic rings. The Bertz CT molecular complexity index is 1060. The van der Waals surface area contributed by atoms with E-state index < -0.39 is 0 Å². The van der Waals surface area contributed by atoms with E-state index in [4.69, 9.17) is 28.2 Å². The van der Waals surface area contributed by atoms with Crippen molar-refractivity contribution in [2.75, 3.05) is 0 Å². The SMILES string of the molecule is CCC(NC(=O)NC1CCCCC1)c1nc2ccccc2n1Cc1ccc(Cl)c(Cl)c1. The summed E-state index contributed by atoms with van der Waals surface area (Å²) in [5, 5.41) is 7.37. The van der Waals surface area contributed by atoms with Crippen LogP contribution in [0.1, 0.15) is 62.9 Å². The number of carbonyl (C=O) groups excluding carboxylic acids is 1. The van der Waals surface area contributed by atoms with Gasteiger partial charge in [-0.25, -0.2) is 9.78 Å². The second-order valence-corrected chi connectivity index (χ2v) is 9.02. The van der Waals surface area contributed by atoms with Crippen molar-refractivity contribution in [1.82, 2.24) is 20.2 Å². The van der Waals surface area contributed by atoms with E-state index in [1.54, 1.807) is 0 Å². The largest absolute Gasteiger partial charge is 0.335 e. The van der Waals surface area contributed by atoms with Gasteiger partial charge in [0.2, 0.25) is 0 Å². The lowest BCUT2D eigenvalue weighted by Crippen LogP contribution is -2.44. The Morgan fingerprint density at radius 3 is 2.65 bits per heavy atom. The number of para-hydroxylation sites is 2. The maximum absolute atomic E-state index is 12.7. The molecule has 164 valence electrons. The first-order valence-electron chi connectivity index (χ1n) is 11.0. The van der Waals surface area contributed by atoms with Gasteiger partial charge in [0, 0.05) is 12.6 Å². The molecular formula is C24H28Cl2N4O. The monoisotopic (exact) mass is 458 g/mol. The molecule has 1 atom stereocenters. The molecule has 0 saturated heterocycles. The van der Waals surface area contributed by atoms with Gasteiger partial charge in [0.15, 0.2) is 0 Å². The van der Waals surface area contributed by atoms with E-state index in [0.29, 0.717) is 16.6 Å². The van der Waals surface area contributed by atoms with Gasteiger partial charge in [-0.2, -0.15) is 0 Å². The number of imidazole rings is 1. The molecule has 1 heterocycles. The molecule has 2 N–H and O–H groups in total. The number of halogens is 2. The summed E-state index contributed by atoms with van der Waals surface area (Å²) in [6, 6.07) is 13.6. The highest BCUT2D eigenvalue weighted by atomic mass is 35.5. The van der Waals surface area contributed by atoms with E-state index >= 15 is 0 Å². The normalized spacial score (nSPS) is 15.7. The molecule has 7 heteroatoms. The fourth-order valence-electron chi connectivity index (χ4n) is 4.33. The van der Waals surface area contributed by atoms with Gasteiger partial charge in [-0.3, -0.25) is 0 Å². The Kier molecular flexibility index (Phi) is 7.03. The number of fused-ring (bicyclic) bond motifs is 1. The van der Waals surface area contributed by atoms with Crippen LogP contribution in [0.15, 0.2) is 42.5 Å². The highest BCUT2D eigenvalue weighted by Gasteiger charge is 2.23. The summed E-state index contributed by atoms with van der Waals surface area (Å²) in [7, 11) is 0. The minimum Gasteiger partial charge on any atom is -0.335 e. The van der Waals surface area contributed by atoms with Gasteiger partial charge in [-0.15, -0.1) is 0 Å². The van der Waals surface area contributed by atoms with Crippen LogP contribution >= 0.6 is 23.2 Å². The zero-order chi connectivity index (χ0) is 21.8. The lowest BCUT2D eigenvalue weighted by Gasteiger charge is -2.25. The van der Waals surface area contributed by atoms with Crippen molar-refractivity contribution in [2.24, 2.45) is 0 Å². The number of amides is 2. The molecule has 0 radical (unpaired) electrons. The molecule has 0 spiro atoms. The third-order valence-electron chi connectivity index (χ3n) is 5.97. The van der Waals surface area contributed by atoms with Gasteiger partial charge in [-0.05, 0) is 49.1 Å².